The summed E-state index contributed by atoms with van der Waals surface area (Å²) in [6.45, 7) is 12.5. The van der Waals surface area contributed by atoms with Crippen LogP contribution in [0.15, 0.2) is 449 Å². The Kier molecular flexibility index (Phi) is 25.0. The Morgan fingerprint density at radius 1 is 0.121 bits per heavy atom. The molecule has 0 fully saturated rings. The van der Waals surface area contributed by atoms with Crippen molar-refractivity contribution in [1.29, 1.82) is 0 Å². The van der Waals surface area contributed by atoms with E-state index in [1.165, 1.54) is 38.9 Å². The summed E-state index contributed by atoms with van der Waals surface area (Å²) in [5.41, 5.74) is 38.6. The molecule has 0 aliphatic rings. The normalized spacial score (nSPS) is 11.0. The Balaban J connectivity index is 0.000000128. The SMILES string of the molecule is Cc1cc(C)nc(-c2cccc(-c3cc(-c4ccccc4)cc(-c4cc(-c5ccccc5)cc(-c5ccccc5)n4)c3)c2)c1.Cc1ccc(-c2nc(-c3ccc(C)cc3)nc(-c3cc(-c4ccccc4)cc(-c4ccc(-c5ccccn5)cc4)c3)n2)cc1.Cc1ccc(-c2nc(-c3ccc(C)cc3)nc(-c3cc(-c4ccccc4)cc(-c4cccc(-c5ccccn5)c4)c3)n2)cc1. The van der Waals surface area contributed by atoms with Crippen molar-refractivity contribution in [2.75, 3.05) is 0 Å². The van der Waals surface area contributed by atoms with Gasteiger partial charge in [0.05, 0.1) is 28.5 Å². The van der Waals surface area contributed by atoms with Crippen LogP contribution in [-0.4, -0.2) is 49.8 Å². The Morgan fingerprint density at radius 3 is 0.705 bits per heavy atom. The first-order valence-electron chi connectivity index (χ1n) is 44.4. The molecule has 21 aromatic rings. The van der Waals surface area contributed by atoms with Crippen LogP contribution >= 0.6 is 0 Å². The molecule has 0 N–H and O–H groups in total. The molecule has 0 spiro atoms. The van der Waals surface area contributed by atoms with Crippen molar-refractivity contribution in [2.45, 2.75) is 41.5 Å². The van der Waals surface area contributed by atoms with Gasteiger partial charge in [0, 0.05) is 79.3 Å². The number of pyridine rings is 4. The maximum absolute atomic E-state index is 5.24. The molecule has 15 aromatic carbocycles. The maximum atomic E-state index is 5.24. The Bertz CT molecular complexity index is 7390. The zero-order valence-electron chi connectivity index (χ0n) is 74.2. The molecule has 630 valence electrons. The number of rotatable bonds is 18. The standard InChI is InChI=1S/C42H32N2.2C40H30N4/c1-29-21-30(2)43-40(22-29)35-20-12-19-34(23-35)37-24-36(31-13-6-3-7-14-31)25-39(26-37)42-28-38(32-15-8-4-9-16-32)27-41(44-42)33-17-10-5-11-18-33;1-27-14-18-30(19-15-27)38-42-39(31-20-16-28(2)17-21-31)44-40(43-38)36-25-34(29-9-4-3-5-10-29)24-35(26-36)32-11-8-12-33(23-32)37-13-6-7-22-41-37;1-27-11-15-32(16-12-27)38-42-39(33-17-13-28(2)14-18-33)44-40(43-38)36-25-34(29-8-4-3-5-9-29)24-35(26-36)30-19-21-31(22-20-30)37-10-6-7-23-41-37/h3-28H,1-2H3;2*3-26H,1-2H3. The van der Waals surface area contributed by atoms with Crippen LogP contribution in [0.3, 0.4) is 0 Å². The molecular weight excluding hydrogens is 1610 g/mol. The quantitative estimate of drug-likeness (QED) is 0.0819. The van der Waals surface area contributed by atoms with Gasteiger partial charge >= 0.3 is 0 Å². The molecule has 0 saturated heterocycles. The summed E-state index contributed by atoms with van der Waals surface area (Å²) in [5, 5.41) is 0. The number of aromatic nitrogens is 10. The van der Waals surface area contributed by atoms with Crippen LogP contribution in [0.5, 0.6) is 0 Å². The number of nitrogens with zero attached hydrogens (tertiary/aromatic N) is 10. The first kappa shape index (κ1) is 84.4. The predicted octanol–water partition coefficient (Wildman–Crippen LogP) is 30.9. The lowest BCUT2D eigenvalue weighted by Crippen LogP contribution is -2.00. The third-order valence-corrected chi connectivity index (χ3v) is 23.4. The van der Waals surface area contributed by atoms with Crippen LogP contribution in [0.4, 0.5) is 0 Å². The molecule has 6 heterocycles. The van der Waals surface area contributed by atoms with Gasteiger partial charge in [0.2, 0.25) is 0 Å². The third-order valence-electron chi connectivity index (χ3n) is 23.4. The molecule has 0 unspecified atom stereocenters. The molecule has 0 atom stereocenters. The van der Waals surface area contributed by atoms with Crippen LogP contribution in [0.1, 0.15) is 33.5 Å². The molecule has 132 heavy (non-hydrogen) atoms. The summed E-state index contributed by atoms with van der Waals surface area (Å²) < 4.78 is 0. The second kappa shape index (κ2) is 39.0. The largest absolute Gasteiger partial charge is 0.256 e. The van der Waals surface area contributed by atoms with E-state index in [1.54, 1.807) is 0 Å². The van der Waals surface area contributed by atoms with Gasteiger partial charge < -0.3 is 0 Å². The van der Waals surface area contributed by atoms with E-state index in [2.05, 4.69) is 434 Å². The highest BCUT2D eigenvalue weighted by molar-refractivity contribution is 5.88. The highest BCUT2D eigenvalue weighted by Gasteiger charge is 2.21. The summed E-state index contributed by atoms with van der Waals surface area (Å²) in [6, 6.07) is 152. The van der Waals surface area contributed by atoms with Gasteiger partial charge in [-0.15, -0.1) is 0 Å². The summed E-state index contributed by atoms with van der Waals surface area (Å²) >= 11 is 0. The van der Waals surface area contributed by atoms with Crippen molar-refractivity contribution in [3.63, 3.8) is 0 Å². The average molecular weight is 1700 g/mol. The molecule has 0 saturated carbocycles. The lowest BCUT2D eigenvalue weighted by molar-refractivity contribution is 1.07. The van der Waals surface area contributed by atoms with Crippen molar-refractivity contribution in [1.82, 2.24) is 49.8 Å². The van der Waals surface area contributed by atoms with Crippen molar-refractivity contribution in [2.24, 2.45) is 0 Å². The minimum absolute atomic E-state index is 0.631. The van der Waals surface area contributed by atoms with E-state index in [0.29, 0.717) is 34.9 Å². The van der Waals surface area contributed by atoms with Crippen LogP contribution in [0, 0.1) is 41.5 Å². The molecule has 0 aliphatic heterocycles. The van der Waals surface area contributed by atoms with Crippen molar-refractivity contribution in [3.8, 4) is 203 Å². The number of aryl methyl sites for hydroxylation is 6. The second-order valence-electron chi connectivity index (χ2n) is 33.3. The smallest absolute Gasteiger partial charge is 0.164 e. The molecule has 21 rings (SSSR count). The van der Waals surface area contributed by atoms with Crippen LogP contribution < -0.4 is 0 Å². The van der Waals surface area contributed by atoms with Gasteiger partial charge in [0.1, 0.15) is 0 Å². The van der Waals surface area contributed by atoms with E-state index in [1.807, 2.05) is 67.0 Å². The summed E-state index contributed by atoms with van der Waals surface area (Å²) in [6.07, 6.45) is 3.65. The number of benzene rings is 15. The zero-order valence-corrected chi connectivity index (χ0v) is 74.2. The second-order valence-corrected chi connectivity index (χ2v) is 33.3. The first-order valence-corrected chi connectivity index (χ1v) is 44.4. The van der Waals surface area contributed by atoms with Crippen LogP contribution in [0.2, 0.25) is 0 Å². The van der Waals surface area contributed by atoms with Crippen molar-refractivity contribution < 1.29 is 0 Å². The minimum Gasteiger partial charge on any atom is -0.256 e. The Hall–Kier alpha value is -17.1. The fourth-order valence-electron chi connectivity index (χ4n) is 16.4. The number of hydrogen-bond acceptors (Lipinski definition) is 10. The van der Waals surface area contributed by atoms with E-state index >= 15 is 0 Å². The first-order chi connectivity index (χ1) is 64.8. The average Bonchev–Trinajstić information content (AvgIpc) is 0.779. The van der Waals surface area contributed by atoms with E-state index in [-0.39, 0.29) is 0 Å². The molecule has 0 bridgehead atoms. The van der Waals surface area contributed by atoms with Gasteiger partial charge in [0.15, 0.2) is 34.9 Å². The monoisotopic (exact) mass is 1700 g/mol. The highest BCUT2D eigenvalue weighted by atomic mass is 15.0. The van der Waals surface area contributed by atoms with E-state index in [0.717, 1.165) is 162 Å². The fraction of sp³-hybridized carbons (Fsp3) is 0.0492. The lowest BCUT2D eigenvalue weighted by Gasteiger charge is -2.14. The molecule has 0 aliphatic carbocycles. The molecule has 6 aromatic heterocycles. The summed E-state index contributed by atoms with van der Waals surface area (Å²) in [5.74, 6) is 3.86. The van der Waals surface area contributed by atoms with Gasteiger partial charge in [-0.2, -0.15) is 0 Å². The van der Waals surface area contributed by atoms with Gasteiger partial charge in [-0.1, -0.05) is 344 Å². The Labute approximate surface area is 771 Å². The van der Waals surface area contributed by atoms with Gasteiger partial charge in [-0.05, 0) is 240 Å². The molecule has 10 nitrogen and oxygen atoms in total. The van der Waals surface area contributed by atoms with Crippen molar-refractivity contribution >= 4 is 0 Å². The zero-order chi connectivity index (χ0) is 89.6. The predicted molar refractivity (Wildman–Crippen MR) is 544 cm³/mol. The minimum atomic E-state index is 0.631. The lowest BCUT2D eigenvalue weighted by atomic mass is 9.92. The fourth-order valence-corrected chi connectivity index (χ4v) is 16.4. The Morgan fingerprint density at radius 2 is 0.356 bits per heavy atom. The van der Waals surface area contributed by atoms with E-state index in [9.17, 15) is 0 Å². The summed E-state index contributed by atoms with van der Waals surface area (Å²) in [7, 11) is 0. The van der Waals surface area contributed by atoms with Crippen molar-refractivity contribution in [3.05, 3.63) is 483 Å². The highest BCUT2D eigenvalue weighted by Crippen LogP contribution is 2.41. The van der Waals surface area contributed by atoms with E-state index < -0.39 is 0 Å². The molecule has 0 radical (unpaired) electrons. The van der Waals surface area contributed by atoms with Crippen LogP contribution in [-0.2, 0) is 0 Å². The molecule has 10 heteroatoms. The van der Waals surface area contributed by atoms with E-state index in [4.69, 9.17) is 39.9 Å². The molecular formula is C122H92N10. The number of hydrogen-bond donors (Lipinski definition) is 0. The maximum Gasteiger partial charge on any atom is 0.164 e. The summed E-state index contributed by atoms with van der Waals surface area (Å²) in [4.78, 5) is 49.2. The third kappa shape index (κ3) is 20.2. The topological polar surface area (TPSA) is 129 Å². The van der Waals surface area contributed by atoms with Gasteiger partial charge in [0.25, 0.3) is 0 Å². The van der Waals surface area contributed by atoms with Gasteiger partial charge in [-0.25, -0.2) is 34.9 Å². The molecule has 0 amide bonds. The van der Waals surface area contributed by atoms with Gasteiger partial charge in [-0.3, -0.25) is 15.0 Å². The van der Waals surface area contributed by atoms with Crippen LogP contribution in [0.25, 0.3) is 203 Å².